The summed E-state index contributed by atoms with van der Waals surface area (Å²) in [5.74, 6) is 0. The van der Waals surface area contributed by atoms with Crippen LogP contribution in [0.1, 0.15) is 44.5 Å². The Kier molecular flexibility index (Phi) is 15.4. The standard InChI is InChI=1S/C122H76N4O/c1-5-28-84(29-6-1)121(85-30-7-2-8-31-85)103-44-19-13-40-96(103)118-105(121)46-26-52-116(118)126-113-69-58-79(72-101(113)102-76-83(62-71-114(102)126)81-59-67-110-98(74-81)91-36-15-21-48-107(91)123(110)88-34-11-4-12-35-88)77-54-63-87(64-55-77)122(86-32-9-3-10-33-86)104-45-20-14-41-97(104)119-106(122)47-27-51-115(119)125-109-50-23-17-38-93(109)100-75-82(61-70-112(100)125)80-60-68-111-99(73-80)92-37-16-22-49-108(92)124(111)89-65-56-78(57-66-89)90-42-25-43-95-94-39-18-24-53-117(94)127-120(90)95/h1-76H. The maximum absolute atomic E-state index is 6.51. The van der Waals surface area contributed by atoms with Crippen LogP contribution in [0, 0.1) is 0 Å². The first-order chi connectivity index (χ1) is 63.0. The number of hydrogen-bond acceptors (Lipinski definition) is 1. The second kappa shape index (κ2) is 27.5. The lowest BCUT2D eigenvalue weighted by atomic mass is 9.67. The van der Waals surface area contributed by atoms with Gasteiger partial charge in [0, 0.05) is 81.9 Å². The van der Waals surface area contributed by atoms with Crippen molar-refractivity contribution in [3.8, 4) is 89.5 Å². The quantitative estimate of drug-likeness (QED) is 0.120. The van der Waals surface area contributed by atoms with Crippen molar-refractivity contribution in [1.82, 2.24) is 18.3 Å². The molecule has 27 rings (SSSR count). The number of para-hydroxylation sites is 6. The first-order valence-electron chi connectivity index (χ1n) is 44.0. The highest BCUT2D eigenvalue weighted by molar-refractivity contribution is 6.17. The van der Waals surface area contributed by atoms with Crippen molar-refractivity contribution in [3.05, 3.63) is 506 Å². The molecule has 0 bridgehead atoms. The van der Waals surface area contributed by atoms with E-state index in [1.54, 1.807) is 0 Å². The summed E-state index contributed by atoms with van der Waals surface area (Å²) in [6, 6.07) is 172. The molecule has 0 N–H and O–H groups in total. The molecule has 1 atom stereocenters. The average molecular weight is 1610 g/mol. The molecule has 25 aromatic rings. The van der Waals surface area contributed by atoms with Crippen molar-refractivity contribution in [2.45, 2.75) is 10.8 Å². The molecule has 2 aliphatic carbocycles. The lowest BCUT2D eigenvalue weighted by molar-refractivity contribution is 0.670. The topological polar surface area (TPSA) is 32.9 Å². The van der Waals surface area contributed by atoms with Crippen molar-refractivity contribution in [3.63, 3.8) is 0 Å². The number of nitrogens with zero attached hydrogens (tertiary/aromatic N) is 4. The molecule has 127 heavy (non-hydrogen) atoms. The zero-order valence-corrected chi connectivity index (χ0v) is 69.1. The Balaban J connectivity index is 0.590. The predicted octanol–water partition coefficient (Wildman–Crippen LogP) is 31.4. The molecule has 5 nitrogen and oxygen atoms in total. The van der Waals surface area contributed by atoms with E-state index in [2.05, 4.69) is 473 Å². The van der Waals surface area contributed by atoms with Gasteiger partial charge in [0.15, 0.2) is 0 Å². The van der Waals surface area contributed by atoms with E-state index < -0.39 is 10.8 Å². The summed E-state index contributed by atoms with van der Waals surface area (Å²) in [7, 11) is 0. The second-order valence-corrected chi connectivity index (χ2v) is 34.4. The number of rotatable bonds is 12. The normalized spacial score (nSPS) is 13.9. The highest BCUT2D eigenvalue weighted by atomic mass is 16.3. The van der Waals surface area contributed by atoms with E-state index >= 15 is 0 Å². The lowest BCUT2D eigenvalue weighted by Gasteiger charge is -2.34. The molecule has 0 amide bonds. The van der Waals surface area contributed by atoms with Crippen LogP contribution in [0.15, 0.2) is 465 Å². The Hall–Kier alpha value is -16.6. The van der Waals surface area contributed by atoms with Gasteiger partial charge in [-0.25, -0.2) is 0 Å². The Morgan fingerprint density at radius 3 is 0.929 bits per heavy atom. The van der Waals surface area contributed by atoms with Crippen LogP contribution in [-0.4, -0.2) is 18.3 Å². The fourth-order valence-corrected chi connectivity index (χ4v) is 22.8. The monoisotopic (exact) mass is 1610 g/mol. The van der Waals surface area contributed by atoms with Crippen LogP contribution in [0.2, 0.25) is 0 Å². The zero-order chi connectivity index (χ0) is 83.2. The van der Waals surface area contributed by atoms with Gasteiger partial charge in [-0.3, -0.25) is 0 Å². The van der Waals surface area contributed by atoms with E-state index in [1.165, 1.54) is 143 Å². The van der Waals surface area contributed by atoms with Crippen molar-refractivity contribution < 1.29 is 4.42 Å². The summed E-state index contributed by atoms with van der Waals surface area (Å²) >= 11 is 0. The van der Waals surface area contributed by atoms with Crippen LogP contribution in [0.5, 0.6) is 0 Å². The molecule has 5 heterocycles. The highest BCUT2D eigenvalue weighted by Crippen LogP contribution is 2.61. The Morgan fingerprint density at radius 1 is 0.173 bits per heavy atom. The molecule has 1 unspecified atom stereocenters. The van der Waals surface area contributed by atoms with Gasteiger partial charge in [0.05, 0.1) is 66.3 Å². The summed E-state index contributed by atoms with van der Waals surface area (Å²) < 4.78 is 16.4. The van der Waals surface area contributed by atoms with Gasteiger partial charge >= 0.3 is 0 Å². The van der Waals surface area contributed by atoms with Crippen LogP contribution in [0.4, 0.5) is 0 Å². The van der Waals surface area contributed by atoms with Crippen molar-refractivity contribution in [1.29, 1.82) is 0 Å². The Labute approximate surface area is 732 Å². The molecule has 590 valence electrons. The fraction of sp³-hybridized carbons (Fsp3) is 0.0164. The van der Waals surface area contributed by atoms with Gasteiger partial charge < -0.3 is 22.7 Å². The number of fused-ring (bicyclic) bond motifs is 21. The Bertz CT molecular complexity index is 8830. The third kappa shape index (κ3) is 10.2. The number of hydrogen-bond donors (Lipinski definition) is 0. The third-order valence-corrected chi connectivity index (χ3v) is 28.2. The van der Waals surface area contributed by atoms with Crippen molar-refractivity contribution in [2.75, 3.05) is 0 Å². The van der Waals surface area contributed by atoms with Gasteiger partial charge in [0.25, 0.3) is 0 Å². The summed E-state index contributed by atoms with van der Waals surface area (Å²) in [5, 5.41) is 11.9. The largest absolute Gasteiger partial charge is 0.455 e. The Morgan fingerprint density at radius 2 is 0.472 bits per heavy atom. The summed E-state index contributed by atoms with van der Waals surface area (Å²) in [4.78, 5) is 0. The van der Waals surface area contributed by atoms with Gasteiger partial charge in [0.2, 0.25) is 0 Å². The van der Waals surface area contributed by atoms with E-state index in [0.29, 0.717) is 0 Å². The minimum atomic E-state index is -0.690. The molecule has 20 aromatic carbocycles. The van der Waals surface area contributed by atoms with Crippen LogP contribution >= 0.6 is 0 Å². The molecular formula is C122H76N4O. The second-order valence-electron chi connectivity index (χ2n) is 34.4. The number of benzene rings is 20. The van der Waals surface area contributed by atoms with Crippen LogP contribution in [-0.2, 0) is 10.8 Å². The smallest absolute Gasteiger partial charge is 0.143 e. The molecule has 5 aromatic heterocycles. The predicted molar refractivity (Wildman–Crippen MR) is 527 cm³/mol. The molecule has 0 aliphatic heterocycles. The first kappa shape index (κ1) is 71.0. The van der Waals surface area contributed by atoms with E-state index in [4.69, 9.17) is 4.42 Å². The molecule has 5 heteroatoms. The third-order valence-electron chi connectivity index (χ3n) is 28.2. The first-order valence-corrected chi connectivity index (χ1v) is 44.0. The summed E-state index contributed by atoms with van der Waals surface area (Å²) in [5.41, 5.74) is 38.5. The number of furan rings is 1. The summed E-state index contributed by atoms with van der Waals surface area (Å²) in [6.45, 7) is 0. The maximum atomic E-state index is 6.51. The van der Waals surface area contributed by atoms with E-state index in [-0.39, 0.29) is 0 Å². The minimum Gasteiger partial charge on any atom is -0.455 e. The van der Waals surface area contributed by atoms with Crippen molar-refractivity contribution in [2.24, 2.45) is 0 Å². The zero-order valence-electron chi connectivity index (χ0n) is 69.1. The van der Waals surface area contributed by atoms with Crippen LogP contribution in [0.3, 0.4) is 0 Å². The van der Waals surface area contributed by atoms with E-state index in [1.807, 2.05) is 6.07 Å². The van der Waals surface area contributed by atoms with Crippen LogP contribution < -0.4 is 0 Å². The van der Waals surface area contributed by atoms with Crippen molar-refractivity contribution >= 4 is 109 Å². The molecule has 0 saturated carbocycles. The molecule has 0 spiro atoms. The molecule has 2 aliphatic rings. The molecule has 0 fully saturated rings. The fourth-order valence-electron chi connectivity index (χ4n) is 22.8. The van der Waals surface area contributed by atoms with Gasteiger partial charge in [-0.2, -0.15) is 0 Å². The number of aromatic nitrogens is 4. The maximum Gasteiger partial charge on any atom is 0.143 e. The minimum absolute atomic E-state index is 0.571. The van der Waals surface area contributed by atoms with Gasteiger partial charge in [-0.15, -0.1) is 0 Å². The van der Waals surface area contributed by atoms with E-state index in [0.717, 1.165) is 100 Å². The van der Waals surface area contributed by atoms with Gasteiger partial charge in [-0.05, 0) is 216 Å². The van der Waals surface area contributed by atoms with E-state index in [9.17, 15) is 0 Å². The molecule has 0 saturated heterocycles. The molecule has 0 radical (unpaired) electrons. The highest BCUT2D eigenvalue weighted by Gasteiger charge is 2.49. The summed E-state index contributed by atoms with van der Waals surface area (Å²) in [6.07, 6.45) is 0. The molecular weight excluding hydrogens is 1540 g/mol. The lowest BCUT2D eigenvalue weighted by Crippen LogP contribution is -2.28. The average Bonchev–Trinajstić information content (AvgIpc) is 1.53. The van der Waals surface area contributed by atoms with Gasteiger partial charge in [-0.1, -0.05) is 340 Å². The van der Waals surface area contributed by atoms with Crippen LogP contribution in [0.25, 0.3) is 199 Å². The SMILES string of the molecule is c1ccc(-n2c3ccccc3c3cc(-c4ccc5c(c4)c4cc(-c6ccc(C7(c8ccccc8)c8ccccc8-c8c(-n9c%10ccccc%10c%10cc(-c%11ccc%12c(c%11)c%11ccccc%11n%12-c%11ccc(-c%12cccc%13c%12oc%12ccccc%12%13)cc%11)ccc%109)cccc87)cc6)ccc4n5-c4cccc5c4-c4ccccc4C5(c4ccccc4)c4ccccc4)ccc32)cc1. The van der Waals surface area contributed by atoms with Gasteiger partial charge in [0.1, 0.15) is 11.2 Å².